The van der Waals surface area contributed by atoms with Gasteiger partial charge >= 0.3 is 0 Å². The highest BCUT2D eigenvalue weighted by molar-refractivity contribution is 6.30. The topological polar surface area (TPSA) is 128 Å². The number of anilines is 1. The lowest BCUT2D eigenvalue weighted by Gasteiger charge is -2.27. The van der Waals surface area contributed by atoms with Gasteiger partial charge in [-0.05, 0) is 59.8 Å². The van der Waals surface area contributed by atoms with Gasteiger partial charge in [-0.15, -0.1) is 0 Å². The lowest BCUT2D eigenvalue weighted by Crippen LogP contribution is -2.39. The van der Waals surface area contributed by atoms with E-state index in [1.807, 2.05) is 13.0 Å². The second kappa shape index (κ2) is 11.2. The Morgan fingerprint density at radius 3 is 3.06 bits per heavy atom. The van der Waals surface area contributed by atoms with E-state index in [4.69, 9.17) is 21.9 Å². The Morgan fingerprint density at radius 1 is 1.43 bits per heavy atom. The Bertz CT molecular complexity index is 1240. The van der Waals surface area contributed by atoms with Crippen molar-refractivity contribution in [2.24, 2.45) is 5.11 Å². The van der Waals surface area contributed by atoms with Gasteiger partial charge in [0.15, 0.2) is 0 Å². The number of ether oxygens (including phenoxy) is 1. The van der Waals surface area contributed by atoms with Crippen molar-refractivity contribution < 1.29 is 13.9 Å². The normalized spacial score (nSPS) is 18.4. The van der Waals surface area contributed by atoms with Crippen molar-refractivity contribution in [1.29, 1.82) is 0 Å². The van der Waals surface area contributed by atoms with Gasteiger partial charge in [-0.1, -0.05) is 28.8 Å². The number of alkyl halides is 1. The van der Waals surface area contributed by atoms with Crippen LogP contribution in [0.5, 0.6) is 0 Å². The molecule has 1 amide bonds. The lowest BCUT2D eigenvalue weighted by molar-refractivity contribution is 0.0285. The van der Waals surface area contributed by atoms with Gasteiger partial charge in [0, 0.05) is 34.5 Å². The molecule has 2 aromatic heterocycles. The minimum absolute atomic E-state index is 0.0381. The first-order valence-electron chi connectivity index (χ1n) is 11.2. The number of amides is 1. The highest BCUT2D eigenvalue weighted by atomic mass is 35.5. The molecule has 1 saturated heterocycles. The average Bonchev–Trinajstić information content (AvgIpc) is 3.34. The van der Waals surface area contributed by atoms with Crippen molar-refractivity contribution in [3.05, 3.63) is 81.1 Å². The van der Waals surface area contributed by atoms with Gasteiger partial charge in [0.2, 0.25) is 0 Å². The van der Waals surface area contributed by atoms with Crippen LogP contribution in [-0.4, -0.2) is 47.8 Å². The molecular weight excluding hydrogens is 473 g/mol. The summed E-state index contributed by atoms with van der Waals surface area (Å²) in [6.45, 7) is 2.53. The van der Waals surface area contributed by atoms with E-state index in [2.05, 4.69) is 30.6 Å². The minimum Gasteiger partial charge on any atom is -0.378 e. The van der Waals surface area contributed by atoms with Crippen molar-refractivity contribution in [3.8, 4) is 11.1 Å². The Kier molecular flexibility index (Phi) is 7.87. The van der Waals surface area contributed by atoms with Crippen LogP contribution < -0.4 is 10.6 Å². The number of aromatic amines is 1. The number of azide groups is 1. The molecule has 35 heavy (non-hydrogen) atoms. The summed E-state index contributed by atoms with van der Waals surface area (Å²) < 4.78 is 19.3. The predicted molar refractivity (Wildman–Crippen MR) is 132 cm³/mol. The summed E-state index contributed by atoms with van der Waals surface area (Å²) in [4.78, 5) is 23.2. The van der Waals surface area contributed by atoms with Crippen LogP contribution in [0.25, 0.3) is 21.6 Å². The number of hydrogen-bond acceptors (Lipinski definition) is 5. The molecule has 3 atom stereocenters. The maximum absolute atomic E-state index is 14.2. The first-order chi connectivity index (χ1) is 16.9. The number of hydrogen-bond donors (Lipinski definition) is 3. The van der Waals surface area contributed by atoms with Crippen LogP contribution in [0.3, 0.4) is 0 Å². The molecule has 0 bridgehead atoms. The number of carbonyl (C=O) groups is 1. The number of H-pyrrole nitrogens is 1. The summed E-state index contributed by atoms with van der Waals surface area (Å²) in [5.74, 6) is 0.199. The van der Waals surface area contributed by atoms with Crippen LogP contribution in [0.1, 0.15) is 34.1 Å². The number of rotatable bonds is 8. The Hall–Kier alpha value is -3.59. The summed E-state index contributed by atoms with van der Waals surface area (Å²) in [6, 6.07) is 9.69. The number of aromatic nitrogens is 2. The van der Waals surface area contributed by atoms with E-state index in [-0.39, 0.29) is 25.1 Å². The maximum Gasteiger partial charge on any atom is 0.268 e. The highest BCUT2D eigenvalue weighted by Gasteiger charge is 2.26. The number of carbonyl (C=O) groups excluding carboxylic acids is 1. The fraction of sp³-hybridized carbons (Fsp3) is 0.333. The molecule has 11 heteroatoms. The fourth-order valence-corrected chi connectivity index (χ4v) is 4.16. The van der Waals surface area contributed by atoms with Crippen molar-refractivity contribution in [1.82, 2.24) is 15.3 Å². The molecule has 3 N–H and O–H groups in total. The van der Waals surface area contributed by atoms with Gasteiger partial charge in [-0.3, -0.25) is 4.79 Å². The van der Waals surface area contributed by atoms with E-state index in [0.29, 0.717) is 29.6 Å². The third-order valence-electron chi connectivity index (χ3n) is 5.85. The molecule has 1 aliphatic heterocycles. The summed E-state index contributed by atoms with van der Waals surface area (Å²) >= 11 is 6.09. The SMILES string of the molecule is Cc1cnc(N[C@H]2CCOC[C@@H]2F)cc1-c1c[nH]c(C(=O)N[C@H](CN=[N+]=[N-])c2cccc(Cl)c2)c1. The Labute approximate surface area is 206 Å². The zero-order chi connectivity index (χ0) is 24.8. The second-order valence-electron chi connectivity index (χ2n) is 8.31. The summed E-state index contributed by atoms with van der Waals surface area (Å²) in [5, 5.41) is 10.2. The molecule has 1 aromatic carbocycles. The number of benzene rings is 1. The highest BCUT2D eigenvalue weighted by Crippen LogP contribution is 2.28. The van der Waals surface area contributed by atoms with E-state index < -0.39 is 12.2 Å². The third-order valence-corrected chi connectivity index (χ3v) is 6.08. The van der Waals surface area contributed by atoms with Gasteiger partial charge in [0.1, 0.15) is 17.7 Å². The van der Waals surface area contributed by atoms with Crippen molar-refractivity contribution in [3.63, 3.8) is 0 Å². The van der Waals surface area contributed by atoms with Crippen molar-refractivity contribution in [2.45, 2.75) is 31.6 Å². The molecule has 0 aliphatic carbocycles. The molecule has 4 rings (SSSR count). The molecular formula is C24H25ClFN7O2. The van der Waals surface area contributed by atoms with Crippen LogP contribution in [0.15, 0.2) is 53.9 Å². The maximum atomic E-state index is 14.2. The average molecular weight is 498 g/mol. The van der Waals surface area contributed by atoms with Crippen LogP contribution in [0, 0.1) is 6.92 Å². The molecule has 0 unspecified atom stereocenters. The van der Waals surface area contributed by atoms with Crippen LogP contribution in [0.4, 0.5) is 10.2 Å². The van der Waals surface area contributed by atoms with Crippen LogP contribution in [0.2, 0.25) is 5.02 Å². The first-order valence-corrected chi connectivity index (χ1v) is 11.5. The number of pyridine rings is 1. The standard InChI is InChI=1S/C24H25ClFN7O2/c1-14-10-29-23(31-20-5-6-35-13-19(20)26)9-18(14)16-8-21(28-11-16)24(34)32-22(12-30-33-27)15-3-2-4-17(25)7-15/h2-4,7-11,19-20,22,28H,5-6,12-13H2,1H3,(H,29,31)(H,32,34)/t19-,20-,22+/m0/s1. The van der Waals surface area contributed by atoms with E-state index in [1.54, 1.807) is 42.7 Å². The number of aryl methyl sites for hydroxylation is 1. The van der Waals surface area contributed by atoms with Gasteiger partial charge in [-0.25, -0.2) is 9.37 Å². The molecule has 182 valence electrons. The van der Waals surface area contributed by atoms with Crippen molar-refractivity contribution in [2.75, 3.05) is 25.1 Å². The van der Waals surface area contributed by atoms with Gasteiger partial charge < -0.3 is 20.4 Å². The van der Waals surface area contributed by atoms with E-state index >= 15 is 0 Å². The van der Waals surface area contributed by atoms with Gasteiger partial charge in [0.25, 0.3) is 5.91 Å². The molecule has 9 nitrogen and oxygen atoms in total. The predicted octanol–water partition coefficient (Wildman–Crippen LogP) is 5.36. The molecule has 0 spiro atoms. The van der Waals surface area contributed by atoms with Crippen LogP contribution in [-0.2, 0) is 4.74 Å². The second-order valence-corrected chi connectivity index (χ2v) is 8.75. The van der Waals surface area contributed by atoms with E-state index in [0.717, 1.165) is 22.3 Å². The summed E-state index contributed by atoms with van der Waals surface area (Å²) in [6.07, 6.45) is 2.90. The van der Waals surface area contributed by atoms with Crippen LogP contribution >= 0.6 is 11.6 Å². The monoisotopic (exact) mass is 497 g/mol. The van der Waals surface area contributed by atoms with Gasteiger partial charge in [0.05, 0.1) is 25.2 Å². The zero-order valence-corrected chi connectivity index (χ0v) is 19.8. The molecule has 1 aliphatic rings. The zero-order valence-electron chi connectivity index (χ0n) is 19.0. The molecule has 1 fully saturated rings. The number of halogens is 2. The lowest BCUT2D eigenvalue weighted by atomic mass is 10.0. The fourth-order valence-electron chi connectivity index (χ4n) is 3.96. The number of nitrogens with zero attached hydrogens (tertiary/aromatic N) is 4. The molecule has 0 radical (unpaired) electrons. The molecule has 3 aromatic rings. The Balaban J connectivity index is 1.51. The summed E-state index contributed by atoms with van der Waals surface area (Å²) in [7, 11) is 0. The molecule has 0 saturated carbocycles. The molecule has 3 heterocycles. The largest absolute Gasteiger partial charge is 0.378 e. The van der Waals surface area contributed by atoms with E-state index in [1.165, 1.54) is 0 Å². The summed E-state index contributed by atoms with van der Waals surface area (Å²) in [5.41, 5.74) is 12.4. The third kappa shape index (κ3) is 6.10. The van der Waals surface area contributed by atoms with Crippen molar-refractivity contribution >= 4 is 23.3 Å². The van der Waals surface area contributed by atoms with Gasteiger partial charge in [-0.2, -0.15) is 0 Å². The van der Waals surface area contributed by atoms with E-state index in [9.17, 15) is 9.18 Å². The quantitative estimate of drug-likeness (QED) is 0.220. The smallest absolute Gasteiger partial charge is 0.268 e. The number of nitrogens with one attached hydrogen (secondary N) is 3. The first kappa shape index (κ1) is 24.5. The Morgan fingerprint density at radius 2 is 2.29 bits per heavy atom. The minimum atomic E-state index is -1.10.